The molecule has 0 aliphatic carbocycles. The van der Waals surface area contributed by atoms with Crippen LogP contribution in [-0.2, 0) is 11.3 Å². The van der Waals surface area contributed by atoms with E-state index in [2.05, 4.69) is 29.2 Å². The number of nitrogens with zero attached hydrogens (tertiary/aromatic N) is 1. The van der Waals surface area contributed by atoms with Gasteiger partial charge in [-0.1, -0.05) is 42.5 Å². The largest absolute Gasteiger partial charge is 0.490 e. The first kappa shape index (κ1) is 22.4. The van der Waals surface area contributed by atoms with E-state index in [4.69, 9.17) is 9.47 Å². The van der Waals surface area contributed by atoms with Crippen LogP contribution >= 0.6 is 34.4 Å². The number of carbonyl (C=O) groups is 2. The Kier molecular flexibility index (Phi) is 7.60. The number of hydrogen-bond donors (Lipinski definition) is 0. The van der Waals surface area contributed by atoms with Crippen molar-refractivity contribution in [3.63, 3.8) is 0 Å². The van der Waals surface area contributed by atoms with Gasteiger partial charge in [0, 0.05) is 0 Å². The van der Waals surface area contributed by atoms with E-state index in [1.165, 1.54) is 4.90 Å². The monoisotopic (exact) mass is 535 g/mol. The van der Waals surface area contributed by atoms with Crippen LogP contribution in [0.15, 0.2) is 54.0 Å². The number of imide groups is 1. The summed E-state index contributed by atoms with van der Waals surface area (Å²) in [4.78, 5) is 26.9. The van der Waals surface area contributed by atoms with E-state index in [9.17, 15) is 9.59 Å². The smallest absolute Gasteiger partial charge is 0.293 e. The molecule has 0 aromatic heterocycles. The molecule has 5 nitrogen and oxygen atoms in total. The number of ether oxygens (including phenoxy) is 2. The Morgan fingerprint density at radius 3 is 2.57 bits per heavy atom. The molecule has 2 aromatic carbocycles. The minimum atomic E-state index is -0.287. The highest BCUT2D eigenvalue weighted by molar-refractivity contribution is 14.1. The van der Waals surface area contributed by atoms with Crippen LogP contribution in [0, 0.1) is 10.5 Å². The van der Waals surface area contributed by atoms with Crippen LogP contribution in [0.2, 0.25) is 0 Å². The summed E-state index contributed by atoms with van der Waals surface area (Å²) < 4.78 is 12.3. The Balaban J connectivity index is 1.85. The number of thioether (sulfide) groups is 1. The molecular formula is C23H22INO4S. The molecule has 30 heavy (non-hydrogen) atoms. The van der Waals surface area contributed by atoms with Gasteiger partial charge < -0.3 is 9.47 Å². The van der Waals surface area contributed by atoms with Gasteiger partial charge in [0.1, 0.15) is 6.61 Å². The maximum Gasteiger partial charge on any atom is 0.293 e. The molecule has 0 radical (unpaired) electrons. The number of benzene rings is 2. The molecule has 1 heterocycles. The van der Waals surface area contributed by atoms with Crippen molar-refractivity contribution < 1.29 is 19.1 Å². The standard InChI is InChI=1S/C23H22INO4S/c1-4-10-29-21-18(24)11-17(12-19(21)28-5-2)13-20-22(26)25(23(27)30-20)14-16-8-6-15(3)7-9-16/h4,6-9,11-13H,1,5,10,14H2,2-3H3/b20-13-. The minimum Gasteiger partial charge on any atom is -0.490 e. The van der Waals surface area contributed by atoms with Gasteiger partial charge in [-0.05, 0) is 77.5 Å². The predicted octanol–water partition coefficient (Wildman–Crippen LogP) is 5.80. The molecule has 2 amide bonds. The van der Waals surface area contributed by atoms with E-state index < -0.39 is 0 Å². The van der Waals surface area contributed by atoms with Crippen LogP contribution in [0.3, 0.4) is 0 Å². The second-order valence-corrected chi connectivity index (χ2v) is 8.77. The molecule has 1 fully saturated rings. The van der Waals surface area contributed by atoms with Gasteiger partial charge >= 0.3 is 0 Å². The number of aryl methyl sites for hydroxylation is 1. The third-order valence-corrected chi connectivity index (χ3v) is 6.02. The average Bonchev–Trinajstić information content (AvgIpc) is 2.96. The third kappa shape index (κ3) is 5.26. The highest BCUT2D eigenvalue weighted by Gasteiger charge is 2.35. The molecule has 0 bridgehead atoms. The van der Waals surface area contributed by atoms with Gasteiger partial charge in [-0.15, -0.1) is 0 Å². The summed E-state index contributed by atoms with van der Waals surface area (Å²) in [6.45, 7) is 8.68. The highest BCUT2D eigenvalue weighted by atomic mass is 127. The predicted molar refractivity (Wildman–Crippen MR) is 129 cm³/mol. The average molecular weight is 535 g/mol. The molecule has 156 valence electrons. The summed E-state index contributed by atoms with van der Waals surface area (Å²) in [5, 5.41) is -0.266. The second-order valence-electron chi connectivity index (χ2n) is 6.62. The topological polar surface area (TPSA) is 55.8 Å². The molecule has 3 rings (SSSR count). The maximum absolute atomic E-state index is 12.8. The lowest BCUT2D eigenvalue weighted by Crippen LogP contribution is -2.27. The molecule has 0 spiro atoms. The first-order chi connectivity index (χ1) is 14.4. The fourth-order valence-electron chi connectivity index (χ4n) is 2.88. The van der Waals surface area contributed by atoms with Gasteiger partial charge in [0.2, 0.25) is 0 Å². The second kappa shape index (κ2) is 10.2. The lowest BCUT2D eigenvalue weighted by molar-refractivity contribution is -0.123. The zero-order valence-corrected chi connectivity index (χ0v) is 19.8. The quantitative estimate of drug-likeness (QED) is 0.243. The summed E-state index contributed by atoms with van der Waals surface area (Å²) in [5.74, 6) is 0.948. The Morgan fingerprint density at radius 2 is 1.90 bits per heavy atom. The molecule has 1 aliphatic heterocycles. The summed E-state index contributed by atoms with van der Waals surface area (Å²) in [7, 11) is 0. The number of hydrogen-bond acceptors (Lipinski definition) is 5. The van der Waals surface area contributed by atoms with E-state index >= 15 is 0 Å². The number of amides is 2. The molecule has 0 atom stereocenters. The van der Waals surface area contributed by atoms with Gasteiger partial charge in [-0.3, -0.25) is 14.5 Å². The van der Waals surface area contributed by atoms with Crippen molar-refractivity contribution in [2.24, 2.45) is 0 Å². The molecule has 0 saturated carbocycles. The molecule has 2 aromatic rings. The van der Waals surface area contributed by atoms with Crippen LogP contribution in [0.25, 0.3) is 6.08 Å². The van der Waals surface area contributed by atoms with Crippen molar-refractivity contribution in [3.8, 4) is 11.5 Å². The zero-order valence-electron chi connectivity index (χ0n) is 16.8. The van der Waals surface area contributed by atoms with Gasteiger partial charge in [-0.2, -0.15) is 0 Å². The van der Waals surface area contributed by atoms with Crippen molar-refractivity contribution in [1.82, 2.24) is 4.90 Å². The summed E-state index contributed by atoms with van der Waals surface area (Å²) >= 11 is 3.12. The van der Waals surface area contributed by atoms with Gasteiger partial charge in [0.25, 0.3) is 11.1 Å². The summed E-state index contributed by atoms with van der Waals surface area (Å²) in [6, 6.07) is 11.5. The normalized spacial score (nSPS) is 15.0. The Labute approximate surface area is 194 Å². The lowest BCUT2D eigenvalue weighted by Gasteiger charge is -2.14. The van der Waals surface area contributed by atoms with Crippen molar-refractivity contribution in [3.05, 3.63) is 74.2 Å². The lowest BCUT2D eigenvalue weighted by atomic mass is 10.1. The Bertz CT molecular complexity index is 1000. The first-order valence-electron chi connectivity index (χ1n) is 9.44. The van der Waals surface area contributed by atoms with E-state index in [0.29, 0.717) is 29.6 Å². The molecule has 0 unspecified atom stereocenters. The van der Waals surface area contributed by atoms with E-state index in [0.717, 1.165) is 32.0 Å². The van der Waals surface area contributed by atoms with Gasteiger partial charge in [0.05, 0.1) is 21.6 Å². The van der Waals surface area contributed by atoms with Crippen LogP contribution < -0.4 is 9.47 Å². The third-order valence-electron chi connectivity index (χ3n) is 4.31. The van der Waals surface area contributed by atoms with Gasteiger partial charge in [0.15, 0.2) is 11.5 Å². The minimum absolute atomic E-state index is 0.262. The fourth-order valence-corrected chi connectivity index (χ4v) is 4.50. The van der Waals surface area contributed by atoms with Crippen LogP contribution in [0.5, 0.6) is 11.5 Å². The van der Waals surface area contributed by atoms with Crippen LogP contribution in [0.4, 0.5) is 4.79 Å². The zero-order chi connectivity index (χ0) is 21.7. The Hall–Kier alpha value is -2.26. The van der Waals surface area contributed by atoms with Crippen molar-refractivity contribution >= 4 is 51.6 Å². The van der Waals surface area contributed by atoms with E-state index in [-0.39, 0.29) is 17.7 Å². The number of rotatable bonds is 8. The molecule has 1 saturated heterocycles. The molecular weight excluding hydrogens is 513 g/mol. The van der Waals surface area contributed by atoms with Crippen molar-refractivity contribution in [1.29, 1.82) is 0 Å². The van der Waals surface area contributed by atoms with E-state index in [1.54, 1.807) is 12.2 Å². The molecule has 0 N–H and O–H groups in total. The molecule has 7 heteroatoms. The first-order valence-corrected chi connectivity index (χ1v) is 11.3. The maximum atomic E-state index is 12.8. The number of carbonyl (C=O) groups excluding carboxylic acids is 2. The number of halogens is 1. The summed E-state index contributed by atoms with van der Waals surface area (Å²) in [5.41, 5.74) is 2.82. The van der Waals surface area contributed by atoms with Crippen molar-refractivity contribution in [2.45, 2.75) is 20.4 Å². The molecule has 1 aliphatic rings. The SMILES string of the molecule is C=CCOc1c(I)cc(/C=C2\SC(=O)N(Cc3ccc(C)cc3)C2=O)cc1OCC. The highest BCUT2D eigenvalue weighted by Crippen LogP contribution is 2.37. The van der Waals surface area contributed by atoms with E-state index in [1.807, 2.05) is 50.2 Å². The summed E-state index contributed by atoms with van der Waals surface area (Å²) in [6.07, 6.45) is 3.39. The van der Waals surface area contributed by atoms with Gasteiger partial charge in [-0.25, -0.2) is 0 Å². The fraction of sp³-hybridized carbons (Fsp3) is 0.217. The van der Waals surface area contributed by atoms with Crippen molar-refractivity contribution in [2.75, 3.05) is 13.2 Å². The Morgan fingerprint density at radius 1 is 1.17 bits per heavy atom. The van der Waals surface area contributed by atoms with Crippen LogP contribution in [-0.4, -0.2) is 29.3 Å². The van der Waals surface area contributed by atoms with Crippen LogP contribution in [0.1, 0.15) is 23.6 Å².